The van der Waals surface area contributed by atoms with E-state index in [1.165, 1.54) is 30.3 Å². The van der Waals surface area contributed by atoms with E-state index in [1.807, 2.05) is 5.32 Å². The molecule has 2 aliphatic heterocycles. The minimum absolute atomic E-state index is 0.0282. The van der Waals surface area contributed by atoms with Gasteiger partial charge in [0.1, 0.15) is 7.85 Å². The first kappa shape index (κ1) is 25.0. The zero-order chi connectivity index (χ0) is 25.8. The predicted molar refractivity (Wildman–Crippen MR) is 124 cm³/mol. The summed E-state index contributed by atoms with van der Waals surface area (Å²) in [7, 11) is 18.1. The Morgan fingerprint density at radius 1 is 1.09 bits per heavy atom. The summed E-state index contributed by atoms with van der Waals surface area (Å²) in [5.41, 5.74) is -1.78. The number of amides is 4. The van der Waals surface area contributed by atoms with E-state index in [-0.39, 0.29) is 35.5 Å². The molecule has 2 heterocycles. The predicted octanol–water partition coefficient (Wildman–Crippen LogP) is 0.953. The molecular formula is C22H15B3ClF2N3O4. The summed E-state index contributed by atoms with van der Waals surface area (Å²) in [6.07, 6.45) is -0.117. The number of nitrogens with zero attached hydrogens (tertiary/aromatic N) is 1. The van der Waals surface area contributed by atoms with Crippen molar-refractivity contribution in [2.75, 3.05) is 0 Å². The van der Waals surface area contributed by atoms with Gasteiger partial charge in [-0.05, 0) is 41.1 Å². The number of carbonyl (C=O) groups excluding carboxylic acids is 4. The Bertz CT molecular complexity index is 1260. The molecule has 172 valence electrons. The van der Waals surface area contributed by atoms with Gasteiger partial charge >= 0.3 is 5.92 Å². The van der Waals surface area contributed by atoms with Crippen LogP contribution in [-0.4, -0.2) is 57.5 Å². The van der Waals surface area contributed by atoms with Crippen molar-refractivity contribution in [2.24, 2.45) is 0 Å². The minimum atomic E-state index is -3.96. The fraction of sp³-hybridized carbons (Fsp3) is 0.273. The number of piperidine rings is 1. The van der Waals surface area contributed by atoms with Gasteiger partial charge in [-0.1, -0.05) is 35.9 Å². The SMILES string of the molecule is [B]C([B])(NC(=O)C(F)(F)c1ccc(Cl)cc1)c1ccc2c(c1)CN([C@]1([B])CCC(=O)NC1=O)C2=O. The van der Waals surface area contributed by atoms with Crippen molar-refractivity contribution in [1.29, 1.82) is 0 Å². The van der Waals surface area contributed by atoms with Crippen molar-refractivity contribution in [2.45, 2.75) is 36.1 Å². The highest BCUT2D eigenvalue weighted by atomic mass is 35.5. The quantitative estimate of drug-likeness (QED) is 0.481. The van der Waals surface area contributed by atoms with Crippen LogP contribution in [0.4, 0.5) is 8.78 Å². The Kier molecular flexibility index (Phi) is 6.07. The molecule has 0 bridgehead atoms. The average molecular weight is 491 g/mol. The van der Waals surface area contributed by atoms with Crippen LogP contribution in [0.3, 0.4) is 0 Å². The Morgan fingerprint density at radius 3 is 2.34 bits per heavy atom. The Balaban J connectivity index is 1.56. The number of nitrogens with one attached hydrogen (secondary N) is 2. The number of benzene rings is 2. The normalized spacial score (nSPS) is 20.4. The first-order valence-electron chi connectivity index (χ1n) is 10.4. The monoisotopic (exact) mass is 491 g/mol. The van der Waals surface area contributed by atoms with Gasteiger partial charge in [0, 0.05) is 29.1 Å². The molecule has 2 N–H and O–H groups in total. The fourth-order valence-corrected chi connectivity index (χ4v) is 4.13. The van der Waals surface area contributed by atoms with Gasteiger partial charge in [-0.15, -0.1) is 0 Å². The maximum Gasteiger partial charge on any atom is 0.349 e. The van der Waals surface area contributed by atoms with Crippen molar-refractivity contribution in [3.05, 3.63) is 69.7 Å². The molecule has 1 fully saturated rings. The lowest BCUT2D eigenvalue weighted by Crippen LogP contribution is -2.63. The molecule has 0 saturated carbocycles. The zero-order valence-corrected chi connectivity index (χ0v) is 18.9. The molecule has 0 spiro atoms. The largest absolute Gasteiger partial charge is 0.358 e. The average Bonchev–Trinajstić information content (AvgIpc) is 3.13. The number of hydrogen-bond donors (Lipinski definition) is 2. The molecule has 2 aromatic carbocycles. The molecule has 2 aliphatic rings. The third kappa shape index (κ3) is 4.35. The summed E-state index contributed by atoms with van der Waals surface area (Å²) in [5, 5.41) is 2.04. The summed E-state index contributed by atoms with van der Waals surface area (Å²) >= 11 is 5.71. The highest BCUT2D eigenvalue weighted by molar-refractivity contribution is 6.40. The van der Waals surface area contributed by atoms with Crippen LogP contribution in [0.5, 0.6) is 0 Å². The van der Waals surface area contributed by atoms with Crippen LogP contribution < -0.4 is 10.6 Å². The molecule has 0 aromatic heterocycles. The first-order chi connectivity index (χ1) is 16.3. The molecule has 7 nitrogen and oxygen atoms in total. The van der Waals surface area contributed by atoms with Crippen molar-refractivity contribution in [1.82, 2.24) is 15.5 Å². The Morgan fingerprint density at radius 2 is 1.71 bits per heavy atom. The number of halogens is 3. The van der Waals surface area contributed by atoms with Crippen LogP contribution in [-0.2, 0) is 32.2 Å². The van der Waals surface area contributed by atoms with Gasteiger partial charge in [0.15, 0.2) is 0 Å². The maximum atomic E-state index is 14.7. The van der Waals surface area contributed by atoms with Crippen molar-refractivity contribution in [3.63, 3.8) is 0 Å². The highest BCUT2D eigenvalue weighted by Crippen LogP contribution is 2.35. The smallest absolute Gasteiger partial charge is 0.349 e. The molecule has 13 heteroatoms. The van der Waals surface area contributed by atoms with Gasteiger partial charge in [0.2, 0.25) is 11.8 Å². The van der Waals surface area contributed by atoms with Crippen molar-refractivity contribution < 1.29 is 28.0 Å². The molecule has 4 rings (SSSR count). The molecule has 4 amide bonds. The standard InChI is InChI=1S/C22H15B3ClF2N3O4/c23-20(8-7-16(32)29-18(20)34)31-10-11-9-13(3-6-15(11)17(31)33)22(24,25)30-19(35)21(27,28)12-1-4-14(26)5-2-12/h1-6,9H,7-8,10H2,(H,30,35)(H,29,32,34)/t20-/m1/s1. The second kappa shape index (κ2) is 8.51. The van der Waals surface area contributed by atoms with Crippen LogP contribution >= 0.6 is 11.6 Å². The maximum absolute atomic E-state index is 14.7. The van der Waals surface area contributed by atoms with Gasteiger partial charge in [-0.3, -0.25) is 24.5 Å². The molecule has 0 unspecified atom stereocenters. The van der Waals surface area contributed by atoms with E-state index >= 15 is 0 Å². The second-order valence-electron chi connectivity index (χ2n) is 8.47. The lowest BCUT2D eigenvalue weighted by Gasteiger charge is -2.40. The number of alkyl halides is 2. The van der Waals surface area contributed by atoms with Crippen LogP contribution in [0.25, 0.3) is 0 Å². The van der Waals surface area contributed by atoms with Gasteiger partial charge in [0.25, 0.3) is 11.8 Å². The molecule has 1 saturated heterocycles. The summed E-state index contributed by atoms with van der Waals surface area (Å²) in [5.74, 6) is -7.57. The number of rotatable bonds is 5. The van der Waals surface area contributed by atoms with Crippen molar-refractivity contribution in [3.8, 4) is 0 Å². The van der Waals surface area contributed by atoms with Gasteiger partial charge in [-0.25, -0.2) is 0 Å². The van der Waals surface area contributed by atoms with Gasteiger partial charge in [0.05, 0.1) is 21.1 Å². The number of imide groups is 1. The van der Waals surface area contributed by atoms with E-state index in [2.05, 4.69) is 5.32 Å². The molecule has 6 radical (unpaired) electrons. The fourth-order valence-electron chi connectivity index (χ4n) is 4.00. The van der Waals surface area contributed by atoms with E-state index in [1.54, 1.807) is 0 Å². The number of hydrogen-bond acceptors (Lipinski definition) is 4. The molecule has 35 heavy (non-hydrogen) atoms. The van der Waals surface area contributed by atoms with Gasteiger partial charge < -0.3 is 10.2 Å². The summed E-state index contributed by atoms with van der Waals surface area (Å²) < 4.78 is 29.3. The minimum Gasteiger partial charge on any atom is -0.358 e. The zero-order valence-electron chi connectivity index (χ0n) is 18.1. The van der Waals surface area contributed by atoms with E-state index in [0.29, 0.717) is 5.56 Å². The number of carbonyl (C=O) groups is 4. The summed E-state index contributed by atoms with van der Waals surface area (Å²) in [6, 6.07) is 8.45. The van der Waals surface area contributed by atoms with Crippen LogP contribution in [0.1, 0.15) is 39.9 Å². The van der Waals surface area contributed by atoms with E-state index in [9.17, 15) is 28.0 Å². The molecular weight excluding hydrogens is 476 g/mol. The Labute approximate surface area is 208 Å². The summed E-state index contributed by atoms with van der Waals surface area (Å²) in [6.45, 7) is -0.120. The number of fused-ring (bicyclic) bond motifs is 1. The van der Waals surface area contributed by atoms with E-state index < -0.39 is 45.9 Å². The topological polar surface area (TPSA) is 95.6 Å². The molecule has 2 aromatic rings. The third-order valence-electron chi connectivity index (χ3n) is 6.06. The lowest BCUT2D eigenvalue weighted by atomic mass is 9.57. The van der Waals surface area contributed by atoms with E-state index in [0.717, 1.165) is 17.0 Å². The summed E-state index contributed by atoms with van der Waals surface area (Å²) in [4.78, 5) is 50.3. The second-order valence-corrected chi connectivity index (χ2v) is 8.91. The van der Waals surface area contributed by atoms with Crippen LogP contribution in [0.15, 0.2) is 42.5 Å². The molecule has 0 aliphatic carbocycles. The lowest BCUT2D eigenvalue weighted by molar-refractivity contribution is -0.147. The van der Waals surface area contributed by atoms with Gasteiger partial charge in [-0.2, -0.15) is 8.78 Å². The third-order valence-corrected chi connectivity index (χ3v) is 6.31. The van der Waals surface area contributed by atoms with Crippen molar-refractivity contribution >= 4 is 58.8 Å². The molecule has 1 atom stereocenters. The van der Waals surface area contributed by atoms with Crippen LogP contribution in [0, 0.1) is 0 Å². The Hall–Kier alpha value is -3.14. The van der Waals surface area contributed by atoms with E-state index in [4.69, 9.17) is 35.1 Å². The first-order valence-corrected chi connectivity index (χ1v) is 10.8. The highest BCUT2D eigenvalue weighted by Gasteiger charge is 2.48. The van der Waals surface area contributed by atoms with Crippen LogP contribution in [0.2, 0.25) is 5.02 Å².